The van der Waals surface area contributed by atoms with Gasteiger partial charge in [0.2, 0.25) is 0 Å². The second-order valence-electron chi connectivity index (χ2n) is 6.06. The summed E-state index contributed by atoms with van der Waals surface area (Å²) in [7, 11) is 0. The van der Waals surface area contributed by atoms with Crippen molar-refractivity contribution >= 4 is 17.5 Å². The molecule has 21 heavy (non-hydrogen) atoms. The van der Waals surface area contributed by atoms with Gasteiger partial charge in [-0.3, -0.25) is 9.69 Å². The third-order valence-electron chi connectivity index (χ3n) is 4.00. The zero-order valence-corrected chi connectivity index (χ0v) is 13.5. The Balaban J connectivity index is 2.09. The van der Waals surface area contributed by atoms with Gasteiger partial charge < -0.3 is 0 Å². The molecule has 0 spiro atoms. The molecule has 1 heterocycles. The number of benzene rings is 1. The van der Waals surface area contributed by atoms with Crippen molar-refractivity contribution in [2.24, 2.45) is 0 Å². The van der Waals surface area contributed by atoms with Crippen molar-refractivity contribution in [1.82, 2.24) is 4.90 Å². The number of carbonyl (C=O) groups is 1. The normalized spacial score (nSPS) is 20.8. The third kappa shape index (κ3) is 4.04. The lowest BCUT2D eigenvalue weighted by Crippen LogP contribution is -2.40. The Labute approximate surface area is 128 Å². The Morgan fingerprint density at radius 3 is 2.67 bits per heavy atom. The van der Waals surface area contributed by atoms with Gasteiger partial charge >= 0.3 is 0 Å². The number of ketones is 1. The number of carbonyl (C=O) groups excluding carboxylic acids is 1. The van der Waals surface area contributed by atoms with E-state index in [0.29, 0.717) is 0 Å². The topological polar surface area (TPSA) is 20.3 Å². The van der Waals surface area contributed by atoms with Crippen molar-refractivity contribution in [3.8, 4) is 0 Å². The second kappa shape index (κ2) is 6.44. The summed E-state index contributed by atoms with van der Waals surface area (Å²) in [4.78, 5) is 14.6. The van der Waals surface area contributed by atoms with Crippen LogP contribution in [0.3, 0.4) is 0 Å². The van der Waals surface area contributed by atoms with Crippen molar-refractivity contribution in [2.45, 2.75) is 38.0 Å². The monoisotopic (exact) mass is 313 g/mol. The number of rotatable bonds is 3. The van der Waals surface area contributed by atoms with Gasteiger partial charge in [0.15, 0.2) is 17.4 Å². The Kier molecular flexibility index (Phi) is 5.04. The van der Waals surface area contributed by atoms with Crippen LogP contribution in [0.2, 0.25) is 0 Å². The first-order valence-corrected chi connectivity index (χ1v) is 8.16. The van der Waals surface area contributed by atoms with Gasteiger partial charge in [-0.25, -0.2) is 8.78 Å². The molecular formula is C16H21F2NOS. The van der Waals surface area contributed by atoms with E-state index in [2.05, 4.69) is 18.7 Å². The highest BCUT2D eigenvalue weighted by molar-refractivity contribution is 8.00. The first kappa shape index (κ1) is 16.4. The molecule has 1 aliphatic heterocycles. The quantitative estimate of drug-likeness (QED) is 0.793. The van der Waals surface area contributed by atoms with Crippen LogP contribution in [0.5, 0.6) is 0 Å². The summed E-state index contributed by atoms with van der Waals surface area (Å²) in [5.74, 6) is -1.08. The molecule has 2 nitrogen and oxygen atoms in total. The number of thioether (sulfide) groups is 1. The maximum Gasteiger partial charge on any atom is 0.179 e. The Morgan fingerprint density at radius 1 is 1.29 bits per heavy atom. The summed E-state index contributed by atoms with van der Waals surface area (Å²) < 4.78 is 26.4. The zero-order chi connectivity index (χ0) is 15.6. The second-order valence-corrected chi connectivity index (χ2v) is 7.87. The van der Waals surface area contributed by atoms with Crippen molar-refractivity contribution in [1.29, 1.82) is 0 Å². The fourth-order valence-electron chi connectivity index (χ4n) is 2.48. The lowest BCUT2D eigenvalue weighted by atomic mass is 10.0. The lowest BCUT2D eigenvalue weighted by Gasteiger charge is -2.27. The van der Waals surface area contributed by atoms with E-state index in [-0.39, 0.29) is 22.1 Å². The molecule has 5 heteroatoms. The van der Waals surface area contributed by atoms with Gasteiger partial charge in [-0.05, 0) is 31.5 Å². The van der Waals surface area contributed by atoms with E-state index in [0.717, 1.165) is 37.4 Å². The minimum Gasteiger partial charge on any atom is -0.293 e. The lowest BCUT2D eigenvalue weighted by molar-refractivity contribution is 0.0844. The minimum atomic E-state index is -0.972. The molecule has 0 amide bonds. The Bertz CT molecular complexity index is 533. The van der Waals surface area contributed by atoms with Gasteiger partial charge in [0.1, 0.15) is 0 Å². The fourth-order valence-corrected chi connectivity index (χ4v) is 3.59. The largest absolute Gasteiger partial charge is 0.293 e. The zero-order valence-electron chi connectivity index (χ0n) is 12.7. The van der Waals surface area contributed by atoms with Gasteiger partial charge in [0, 0.05) is 29.2 Å². The van der Waals surface area contributed by atoms with Crippen molar-refractivity contribution in [2.75, 3.05) is 18.8 Å². The average molecular weight is 313 g/mol. The molecule has 116 valence electrons. The molecule has 0 aliphatic carbocycles. The van der Waals surface area contributed by atoms with Crippen LogP contribution in [0, 0.1) is 11.6 Å². The highest BCUT2D eigenvalue weighted by Crippen LogP contribution is 2.31. The first-order valence-electron chi connectivity index (χ1n) is 7.17. The van der Waals surface area contributed by atoms with Gasteiger partial charge in [0.25, 0.3) is 0 Å². The number of nitrogens with zero attached hydrogens (tertiary/aromatic N) is 1. The number of hydrogen-bond donors (Lipinski definition) is 0. The average Bonchev–Trinajstić information content (AvgIpc) is 2.61. The van der Waals surface area contributed by atoms with E-state index < -0.39 is 11.6 Å². The molecule has 1 saturated heterocycles. The fraction of sp³-hybridized carbons (Fsp3) is 0.562. The van der Waals surface area contributed by atoms with E-state index in [9.17, 15) is 13.6 Å². The first-order chi connectivity index (χ1) is 9.80. The van der Waals surface area contributed by atoms with Crippen molar-refractivity contribution in [3.63, 3.8) is 0 Å². The predicted molar refractivity (Wildman–Crippen MR) is 82.9 cm³/mol. The maximum atomic E-state index is 13.3. The van der Waals surface area contributed by atoms with E-state index in [1.807, 2.05) is 18.7 Å². The molecule has 1 unspecified atom stereocenters. The molecule has 0 radical (unpaired) electrons. The Morgan fingerprint density at radius 2 is 2.00 bits per heavy atom. The highest BCUT2D eigenvalue weighted by Gasteiger charge is 2.29. The molecule has 1 atom stereocenters. The summed E-state index contributed by atoms with van der Waals surface area (Å²) >= 11 is 1.91. The summed E-state index contributed by atoms with van der Waals surface area (Å²) in [6.45, 7) is 7.94. The molecule has 1 aliphatic rings. The molecule has 0 bridgehead atoms. The SMILES string of the molecule is CC(C(=O)c1ccc(F)c(F)c1)N1CCSC(C)(C)CC1. The summed E-state index contributed by atoms with van der Waals surface area (Å²) in [5, 5.41) is 0. The summed E-state index contributed by atoms with van der Waals surface area (Å²) in [6, 6.07) is 3.04. The molecular weight excluding hydrogens is 292 g/mol. The van der Waals surface area contributed by atoms with Gasteiger partial charge in [-0.1, -0.05) is 13.8 Å². The van der Waals surface area contributed by atoms with Gasteiger partial charge in [-0.2, -0.15) is 11.8 Å². The predicted octanol–water partition coefficient (Wildman–Crippen LogP) is 3.75. The Hall–Kier alpha value is -0.940. The molecule has 1 aromatic rings. The molecule has 2 rings (SSSR count). The minimum absolute atomic E-state index is 0.154. The third-order valence-corrected chi connectivity index (χ3v) is 5.38. The maximum absolute atomic E-state index is 13.3. The highest BCUT2D eigenvalue weighted by atomic mass is 32.2. The van der Waals surface area contributed by atoms with Crippen LogP contribution in [0.25, 0.3) is 0 Å². The summed E-state index contributed by atoms with van der Waals surface area (Å²) in [6.07, 6.45) is 1.01. The standard InChI is InChI=1S/C16H21F2NOS/c1-11(19-7-6-16(2,3)21-9-8-19)15(20)12-4-5-13(17)14(18)10-12/h4-5,10-11H,6-9H2,1-3H3. The van der Waals surface area contributed by atoms with Crippen LogP contribution in [0.4, 0.5) is 8.78 Å². The van der Waals surface area contributed by atoms with Gasteiger partial charge in [-0.15, -0.1) is 0 Å². The smallest absolute Gasteiger partial charge is 0.179 e. The van der Waals surface area contributed by atoms with E-state index >= 15 is 0 Å². The van der Waals surface area contributed by atoms with Crippen LogP contribution < -0.4 is 0 Å². The van der Waals surface area contributed by atoms with Crippen LogP contribution in [-0.4, -0.2) is 40.3 Å². The number of hydrogen-bond acceptors (Lipinski definition) is 3. The van der Waals surface area contributed by atoms with Crippen LogP contribution in [0.1, 0.15) is 37.6 Å². The van der Waals surface area contributed by atoms with Crippen LogP contribution in [0.15, 0.2) is 18.2 Å². The number of halogens is 2. The van der Waals surface area contributed by atoms with Crippen LogP contribution in [-0.2, 0) is 0 Å². The van der Waals surface area contributed by atoms with Crippen molar-refractivity contribution < 1.29 is 13.6 Å². The molecule has 0 aromatic heterocycles. The van der Waals surface area contributed by atoms with Crippen molar-refractivity contribution in [3.05, 3.63) is 35.4 Å². The molecule has 1 aromatic carbocycles. The van der Waals surface area contributed by atoms with Crippen LogP contribution >= 0.6 is 11.8 Å². The molecule has 0 N–H and O–H groups in total. The van der Waals surface area contributed by atoms with E-state index in [1.165, 1.54) is 6.07 Å². The number of Topliss-reactive ketones (excluding diaryl/α,β-unsaturated/α-hetero) is 1. The van der Waals surface area contributed by atoms with Gasteiger partial charge in [0.05, 0.1) is 6.04 Å². The molecule has 0 saturated carbocycles. The summed E-state index contributed by atoms with van der Waals surface area (Å²) in [5.41, 5.74) is 0.234. The molecule has 1 fully saturated rings. The van der Waals surface area contributed by atoms with E-state index in [4.69, 9.17) is 0 Å². The van der Waals surface area contributed by atoms with E-state index in [1.54, 1.807) is 0 Å².